The molecule has 1 spiro atoms. The highest BCUT2D eigenvalue weighted by atomic mass is 32.2. The number of nitrogens with zero attached hydrogens (tertiary/aromatic N) is 3. The Morgan fingerprint density at radius 1 is 0.898 bits per heavy atom. The van der Waals surface area contributed by atoms with E-state index in [4.69, 9.17) is 9.84 Å². The van der Waals surface area contributed by atoms with Crippen LogP contribution in [0.15, 0.2) is 63.9 Å². The molecule has 0 amide bonds. The summed E-state index contributed by atoms with van der Waals surface area (Å²) < 4.78 is 46.0. The number of β-amino-alcohol motifs (C(OH)–C–C–N with tert-alkyl or cyclic N) is 1. The predicted molar refractivity (Wildman–Crippen MR) is 226 cm³/mol. The van der Waals surface area contributed by atoms with Crippen LogP contribution in [0.2, 0.25) is 0 Å². The number of halogens is 3. The molecule has 8 nitrogen and oxygen atoms in total. The van der Waals surface area contributed by atoms with Gasteiger partial charge in [0.25, 0.3) is 0 Å². The number of ether oxygens (including phenoxy) is 1. The van der Waals surface area contributed by atoms with Crippen LogP contribution < -0.4 is 4.90 Å². The summed E-state index contributed by atoms with van der Waals surface area (Å²) in [6.45, 7) is 12.7. The van der Waals surface area contributed by atoms with Crippen molar-refractivity contribution in [3.63, 3.8) is 0 Å². The number of ketones is 1. The summed E-state index contributed by atoms with van der Waals surface area (Å²) in [6.07, 6.45) is 6.54. The highest BCUT2D eigenvalue weighted by Crippen LogP contribution is 2.70. The fourth-order valence-corrected chi connectivity index (χ4v) is 14.5. The Labute approximate surface area is 355 Å². The van der Waals surface area contributed by atoms with E-state index in [1.165, 1.54) is 41.2 Å². The summed E-state index contributed by atoms with van der Waals surface area (Å²) >= 11 is 3.02. The number of rotatable bonds is 7. The van der Waals surface area contributed by atoms with E-state index in [9.17, 15) is 27.6 Å². The van der Waals surface area contributed by atoms with E-state index in [0.717, 1.165) is 99.6 Å². The number of aliphatic hydroxyl groups is 1. The van der Waals surface area contributed by atoms with Crippen LogP contribution in [-0.2, 0) is 25.3 Å². The minimum atomic E-state index is -4.35. The molecule has 7 atom stereocenters. The second kappa shape index (κ2) is 16.8. The van der Waals surface area contributed by atoms with E-state index in [0.29, 0.717) is 49.4 Å². The molecule has 0 unspecified atom stereocenters. The molecule has 2 aromatic carbocycles. The second-order valence-corrected chi connectivity index (χ2v) is 20.8. The molecular weight excluding hydrogens is 796 g/mol. The smallest absolute Gasteiger partial charge is 0.416 e. The SMILES string of the molecule is CC(=O)S[C@@H]1CC2=CC(=O)CC[C@]2(C)[C@H]2CC[C@@]3(C)[C@@H](CC[C@@]34CCC(=O)O4)[C@H]12.OCCN1CCN(CCCN2c3ccccc3Sc3ccc(C(F)(F)F)cc32)CC1. The summed E-state index contributed by atoms with van der Waals surface area (Å²) in [5.74, 6) is 1.67. The van der Waals surface area contributed by atoms with Gasteiger partial charge >= 0.3 is 12.1 Å². The molecule has 3 saturated carbocycles. The van der Waals surface area contributed by atoms with E-state index in [-0.39, 0.29) is 45.2 Å². The van der Waals surface area contributed by atoms with Gasteiger partial charge < -0.3 is 19.6 Å². The third-order valence-corrected chi connectivity index (χ3v) is 17.5. The minimum absolute atomic E-state index is 0.0119. The van der Waals surface area contributed by atoms with E-state index < -0.39 is 11.7 Å². The predicted octanol–water partition coefficient (Wildman–Crippen LogP) is 9.16. The first-order valence-corrected chi connectivity index (χ1v) is 23.3. The summed E-state index contributed by atoms with van der Waals surface area (Å²) in [5, 5.41) is 9.48. The molecule has 9 rings (SSSR count). The van der Waals surface area contributed by atoms with Crippen LogP contribution in [-0.4, -0.2) is 95.0 Å². The van der Waals surface area contributed by atoms with Crippen molar-refractivity contribution in [3.8, 4) is 0 Å². The molecule has 1 N–H and O–H groups in total. The zero-order valence-electron chi connectivity index (χ0n) is 34.5. The molecule has 59 heavy (non-hydrogen) atoms. The largest absolute Gasteiger partial charge is 0.458 e. The van der Waals surface area contributed by atoms with Crippen LogP contribution in [0, 0.1) is 28.6 Å². The molecule has 0 radical (unpaired) electrons. The number of benzene rings is 2. The molecule has 2 saturated heterocycles. The average Bonchev–Trinajstić information content (AvgIpc) is 3.73. The molecule has 3 heterocycles. The van der Waals surface area contributed by atoms with Crippen LogP contribution in [0.25, 0.3) is 0 Å². The second-order valence-electron chi connectivity index (χ2n) is 18.3. The van der Waals surface area contributed by atoms with Crippen LogP contribution in [0.4, 0.5) is 24.5 Å². The topological polar surface area (TPSA) is 90.4 Å². The lowest BCUT2D eigenvalue weighted by molar-refractivity contribution is -0.167. The number of esters is 1. The Balaban J connectivity index is 0.000000164. The number of alkyl halides is 3. The van der Waals surface area contributed by atoms with Gasteiger partial charge in [-0.05, 0) is 117 Å². The lowest BCUT2D eigenvalue weighted by Gasteiger charge is -2.61. The molecule has 0 bridgehead atoms. The summed E-state index contributed by atoms with van der Waals surface area (Å²) in [6, 6.07) is 11.9. The number of aliphatic hydroxyl groups excluding tert-OH is 1. The number of thioether (sulfide) groups is 1. The van der Waals surface area contributed by atoms with Crippen molar-refractivity contribution in [1.82, 2.24) is 9.80 Å². The van der Waals surface area contributed by atoms with Gasteiger partial charge in [0.1, 0.15) is 5.60 Å². The Hall–Kier alpha value is -2.84. The van der Waals surface area contributed by atoms with Crippen molar-refractivity contribution in [3.05, 3.63) is 59.7 Å². The van der Waals surface area contributed by atoms with Crippen molar-refractivity contribution in [2.24, 2.45) is 28.6 Å². The maximum Gasteiger partial charge on any atom is 0.416 e. The first-order valence-electron chi connectivity index (χ1n) is 21.6. The fourth-order valence-electron chi connectivity index (χ4n) is 12.2. The molecular formula is C46H58F3N3O5S2. The first kappa shape index (κ1) is 42.8. The van der Waals surface area contributed by atoms with E-state index >= 15 is 0 Å². The first-order chi connectivity index (χ1) is 28.1. The van der Waals surface area contributed by atoms with Crippen LogP contribution >= 0.6 is 23.5 Å². The van der Waals surface area contributed by atoms with Gasteiger partial charge in [-0.2, -0.15) is 13.2 Å². The van der Waals surface area contributed by atoms with Gasteiger partial charge in [0.15, 0.2) is 10.9 Å². The van der Waals surface area contributed by atoms with Crippen molar-refractivity contribution < 1.29 is 37.4 Å². The Morgan fingerprint density at radius 2 is 1.61 bits per heavy atom. The molecule has 0 aromatic heterocycles. The van der Waals surface area contributed by atoms with Gasteiger partial charge in [-0.1, -0.05) is 55.1 Å². The number of carbonyl (C=O) groups excluding carboxylic acids is 3. The molecule has 5 fully saturated rings. The number of hydrogen-bond acceptors (Lipinski definition) is 10. The van der Waals surface area contributed by atoms with Gasteiger partial charge in [0.05, 0.1) is 23.5 Å². The third-order valence-electron chi connectivity index (χ3n) is 15.3. The maximum absolute atomic E-state index is 13.3. The minimum Gasteiger partial charge on any atom is -0.458 e. The van der Waals surface area contributed by atoms with Gasteiger partial charge in [-0.15, -0.1) is 0 Å². The molecule has 4 aliphatic carbocycles. The monoisotopic (exact) mass is 853 g/mol. The Morgan fingerprint density at radius 3 is 2.31 bits per heavy atom. The average molecular weight is 854 g/mol. The van der Waals surface area contributed by atoms with Gasteiger partial charge in [-0.25, -0.2) is 0 Å². The number of fused-ring (bicyclic) bond motifs is 8. The zero-order valence-corrected chi connectivity index (χ0v) is 36.2. The van der Waals surface area contributed by atoms with Crippen molar-refractivity contribution in [2.45, 2.75) is 112 Å². The Kier molecular flexibility index (Phi) is 12.2. The van der Waals surface area contributed by atoms with Crippen molar-refractivity contribution in [2.75, 3.05) is 57.3 Å². The number of piperazine rings is 1. The number of para-hydroxylation sites is 1. The number of hydrogen-bond donors (Lipinski definition) is 1. The van der Waals surface area contributed by atoms with Gasteiger partial charge in [-0.3, -0.25) is 19.3 Å². The summed E-state index contributed by atoms with van der Waals surface area (Å²) in [4.78, 5) is 45.0. The maximum atomic E-state index is 13.3. The quantitative estimate of drug-likeness (QED) is 0.272. The number of allylic oxidation sites excluding steroid dienone is 1. The molecule has 3 aliphatic heterocycles. The molecule has 320 valence electrons. The van der Waals surface area contributed by atoms with Crippen molar-refractivity contribution >= 4 is 51.8 Å². The van der Waals surface area contributed by atoms with Crippen LogP contribution in [0.1, 0.15) is 90.5 Å². The highest BCUT2D eigenvalue weighted by Gasteiger charge is 2.68. The van der Waals surface area contributed by atoms with E-state index in [1.54, 1.807) is 13.0 Å². The fraction of sp³-hybridized carbons (Fsp3) is 0.630. The third kappa shape index (κ3) is 8.17. The van der Waals surface area contributed by atoms with Crippen molar-refractivity contribution in [1.29, 1.82) is 0 Å². The highest BCUT2D eigenvalue weighted by molar-refractivity contribution is 8.14. The lowest BCUT2D eigenvalue weighted by Crippen LogP contribution is -2.57. The van der Waals surface area contributed by atoms with Crippen LogP contribution in [0.5, 0.6) is 0 Å². The molecule has 7 aliphatic rings. The molecule has 13 heteroatoms. The summed E-state index contributed by atoms with van der Waals surface area (Å²) in [5.41, 5.74) is 2.10. The van der Waals surface area contributed by atoms with Crippen LogP contribution in [0.3, 0.4) is 0 Å². The van der Waals surface area contributed by atoms with E-state index in [2.05, 4.69) is 23.6 Å². The normalized spacial score (nSPS) is 32.9. The lowest BCUT2D eigenvalue weighted by atomic mass is 9.46. The summed E-state index contributed by atoms with van der Waals surface area (Å²) in [7, 11) is 0. The zero-order chi connectivity index (χ0) is 41.7. The number of carbonyl (C=O) groups is 3. The molecule has 2 aromatic rings. The van der Waals surface area contributed by atoms with E-state index in [1.807, 2.05) is 35.2 Å². The standard InChI is InChI=1S/C24H32O4S.C22H26F3N3OS/c1-14(25)29-19-13-15-12-16(26)4-8-22(15,2)17-5-9-23(3)18(21(17)19)6-10-24(23)11-7-20(27)28-24;23-22(24,25)17-6-7-21-19(16-17)28(18-4-1-2-5-20(18)30-21)9-3-8-26-10-12-27(13-11-26)14-15-29/h12,17-19,21H,4-11,13H2,1-3H3;1-2,4-7,16,29H,3,8-15H2/t17-,18-,19+,21+,22-,23-,24+;/m0./s1. The van der Waals surface area contributed by atoms with Gasteiger partial charge in [0, 0.05) is 79.5 Å². The Bertz CT molecular complexity index is 1970. The number of anilines is 2. The van der Waals surface area contributed by atoms with Gasteiger partial charge in [0.2, 0.25) is 0 Å².